The highest BCUT2D eigenvalue weighted by Gasteiger charge is 2.32. The average Bonchev–Trinajstić information content (AvgIpc) is 3.00. The largest absolute Gasteiger partial charge is 0.457 e. The summed E-state index contributed by atoms with van der Waals surface area (Å²) in [6.45, 7) is 5.34. The van der Waals surface area contributed by atoms with Gasteiger partial charge in [0.25, 0.3) is 10.0 Å². The van der Waals surface area contributed by atoms with Gasteiger partial charge in [-0.2, -0.15) is 0 Å². The van der Waals surface area contributed by atoms with E-state index in [4.69, 9.17) is 4.74 Å². The third-order valence-corrected chi connectivity index (χ3v) is 8.49. The number of aryl methyl sites for hydroxylation is 1. The van der Waals surface area contributed by atoms with E-state index >= 15 is 0 Å². The highest BCUT2D eigenvalue weighted by molar-refractivity contribution is 7.92. The SMILES string of the molecule is CCNC(=O)[C@@H](C)N(Cc1ccccc1)C(=O)CN(c1ccc(Oc2ccccc2)cc1)S(=O)(=O)c1ccc(C)cc1. The standard InChI is InChI=1S/C33H35N3O5S/c1-4-34-33(38)26(3)35(23-27-11-7-5-8-12-27)32(37)24-36(42(39,40)31-21-15-25(2)16-22-31)28-17-19-30(20-18-28)41-29-13-9-6-10-14-29/h5-22,26H,4,23-24H2,1-3H3,(H,34,38)/t26-/m1/s1. The van der Waals surface area contributed by atoms with E-state index in [0.717, 1.165) is 15.4 Å². The Balaban J connectivity index is 1.69. The molecule has 0 bridgehead atoms. The number of anilines is 1. The van der Waals surface area contributed by atoms with Gasteiger partial charge in [-0.3, -0.25) is 13.9 Å². The average molecular weight is 586 g/mol. The number of benzene rings is 4. The molecule has 0 saturated heterocycles. The van der Waals surface area contributed by atoms with Crippen molar-refractivity contribution in [3.8, 4) is 11.5 Å². The number of likely N-dealkylation sites (N-methyl/N-ethyl adjacent to an activating group) is 1. The molecule has 1 N–H and O–H groups in total. The molecule has 2 amide bonds. The van der Waals surface area contributed by atoms with Gasteiger partial charge < -0.3 is 15.0 Å². The number of nitrogens with zero attached hydrogens (tertiary/aromatic N) is 2. The number of ether oxygens (including phenoxy) is 1. The molecule has 4 rings (SSSR count). The van der Waals surface area contributed by atoms with E-state index in [2.05, 4.69) is 5.32 Å². The Hall–Kier alpha value is -4.63. The van der Waals surface area contributed by atoms with Crippen LogP contribution in [0.2, 0.25) is 0 Å². The second-order valence-corrected chi connectivity index (χ2v) is 11.7. The zero-order valence-corrected chi connectivity index (χ0v) is 24.8. The summed E-state index contributed by atoms with van der Waals surface area (Å²) in [6.07, 6.45) is 0. The number of carbonyl (C=O) groups is 2. The van der Waals surface area contributed by atoms with Crippen LogP contribution in [-0.4, -0.2) is 44.3 Å². The first-order valence-corrected chi connectivity index (χ1v) is 15.2. The van der Waals surface area contributed by atoms with Crippen LogP contribution in [0.1, 0.15) is 25.0 Å². The van der Waals surface area contributed by atoms with E-state index in [1.807, 2.05) is 67.6 Å². The smallest absolute Gasteiger partial charge is 0.264 e. The molecular formula is C33H35N3O5S. The van der Waals surface area contributed by atoms with Crippen molar-refractivity contribution in [2.45, 2.75) is 38.3 Å². The Bertz CT molecular complexity index is 1580. The number of rotatable bonds is 12. The Kier molecular flexibility index (Phi) is 9.98. The van der Waals surface area contributed by atoms with Gasteiger partial charge >= 0.3 is 0 Å². The van der Waals surface area contributed by atoms with Gasteiger partial charge in [-0.05, 0) is 74.9 Å². The van der Waals surface area contributed by atoms with Crippen LogP contribution in [0.15, 0.2) is 114 Å². The minimum Gasteiger partial charge on any atom is -0.457 e. The highest BCUT2D eigenvalue weighted by Crippen LogP contribution is 2.28. The van der Waals surface area contributed by atoms with Gasteiger partial charge in [0.15, 0.2) is 0 Å². The molecule has 4 aromatic rings. The van der Waals surface area contributed by atoms with Crippen molar-refractivity contribution in [2.24, 2.45) is 0 Å². The lowest BCUT2D eigenvalue weighted by atomic mass is 10.1. The van der Waals surface area contributed by atoms with Crippen LogP contribution in [0.5, 0.6) is 11.5 Å². The maximum absolute atomic E-state index is 14.0. The van der Waals surface area contributed by atoms with Gasteiger partial charge in [0, 0.05) is 13.1 Å². The Morgan fingerprint density at radius 3 is 1.98 bits per heavy atom. The molecule has 218 valence electrons. The normalized spacial score (nSPS) is 11.8. The number of carbonyl (C=O) groups excluding carboxylic acids is 2. The number of sulfonamides is 1. The second kappa shape index (κ2) is 13.8. The number of hydrogen-bond acceptors (Lipinski definition) is 5. The molecular weight excluding hydrogens is 550 g/mol. The molecule has 0 heterocycles. The topological polar surface area (TPSA) is 96.0 Å². The molecule has 1 atom stereocenters. The lowest BCUT2D eigenvalue weighted by Gasteiger charge is -2.32. The van der Waals surface area contributed by atoms with Crippen molar-refractivity contribution >= 4 is 27.5 Å². The van der Waals surface area contributed by atoms with E-state index in [1.54, 1.807) is 50.2 Å². The van der Waals surface area contributed by atoms with Gasteiger partial charge in [0.2, 0.25) is 11.8 Å². The van der Waals surface area contributed by atoms with Gasteiger partial charge in [-0.1, -0.05) is 66.2 Å². The predicted molar refractivity (Wildman–Crippen MR) is 164 cm³/mol. The van der Waals surface area contributed by atoms with Gasteiger partial charge in [-0.15, -0.1) is 0 Å². The fourth-order valence-corrected chi connectivity index (χ4v) is 5.77. The Labute approximate surface area is 247 Å². The zero-order valence-electron chi connectivity index (χ0n) is 23.9. The fourth-order valence-electron chi connectivity index (χ4n) is 4.36. The van der Waals surface area contributed by atoms with E-state index in [0.29, 0.717) is 18.0 Å². The number of amides is 2. The molecule has 0 spiro atoms. The van der Waals surface area contributed by atoms with Crippen LogP contribution >= 0.6 is 0 Å². The zero-order chi connectivity index (χ0) is 30.1. The summed E-state index contributed by atoms with van der Waals surface area (Å²) in [5.74, 6) is 0.315. The molecule has 0 aromatic heterocycles. The van der Waals surface area contributed by atoms with Crippen molar-refractivity contribution in [2.75, 3.05) is 17.4 Å². The molecule has 0 fully saturated rings. The molecule has 4 aromatic carbocycles. The summed E-state index contributed by atoms with van der Waals surface area (Å²) in [7, 11) is -4.16. The number of nitrogens with one attached hydrogen (secondary N) is 1. The minimum absolute atomic E-state index is 0.0527. The van der Waals surface area contributed by atoms with Crippen LogP contribution in [-0.2, 0) is 26.2 Å². The van der Waals surface area contributed by atoms with Crippen LogP contribution in [0, 0.1) is 6.92 Å². The summed E-state index contributed by atoms with van der Waals surface area (Å²) >= 11 is 0. The van der Waals surface area contributed by atoms with Crippen LogP contribution < -0.4 is 14.4 Å². The van der Waals surface area contributed by atoms with Crippen molar-refractivity contribution in [3.05, 3.63) is 120 Å². The molecule has 8 nitrogen and oxygen atoms in total. The first kappa shape index (κ1) is 30.3. The van der Waals surface area contributed by atoms with Crippen LogP contribution in [0.4, 0.5) is 5.69 Å². The summed E-state index contributed by atoms with van der Waals surface area (Å²) in [5, 5.41) is 2.76. The quantitative estimate of drug-likeness (QED) is 0.236. The predicted octanol–water partition coefficient (Wildman–Crippen LogP) is 5.54. The van der Waals surface area contributed by atoms with E-state index < -0.39 is 28.5 Å². The number of hydrogen-bond donors (Lipinski definition) is 1. The molecule has 42 heavy (non-hydrogen) atoms. The highest BCUT2D eigenvalue weighted by atomic mass is 32.2. The van der Waals surface area contributed by atoms with E-state index in [-0.39, 0.29) is 23.0 Å². The Morgan fingerprint density at radius 2 is 1.38 bits per heavy atom. The summed E-state index contributed by atoms with van der Waals surface area (Å²) in [4.78, 5) is 28.2. The molecule has 0 aliphatic heterocycles. The summed E-state index contributed by atoms with van der Waals surface area (Å²) in [5.41, 5.74) is 2.01. The molecule has 0 aliphatic rings. The van der Waals surface area contributed by atoms with Crippen molar-refractivity contribution in [1.82, 2.24) is 10.2 Å². The second-order valence-electron chi connectivity index (χ2n) is 9.81. The Morgan fingerprint density at radius 1 is 0.810 bits per heavy atom. The van der Waals surface area contributed by atoms with Gasteiger partial charge in [-0.25, -0.2) is 8.42 Å². The van der Waals surface area contributed by atoms with Gasteiger partial charge in [0.1, 0.15) is 24.1 Å². The maximum atomic E-state index is 14.0. The third-order valence-electron chi connectivity index (χ3n) is 6.71. The third kappa shape index (κ3) is 7.55. The maximum Gasteiger partial charge on any atom is 0.264 e. The lowest BCUT2D eigenvalue weighted by molar-refractivity contribution is -0.139. The van der Waals surface area contributed by atoms with Crippen molar-refractivity contribution in [1.29, 1.82) is 0 Å². The van der Waals surface area contributed by atoms with E-state index in [1.165, 1.54) is 17.0 Å². The van der Waals surface area contributed by atoms with Gasteiger partial charge in [0.05, 0.1) is 10.6 Å². The van der Waals surface area contributed by atoms with Crippen LogP contribution in [0.25, 0.3) is 0 Å². The molecule has 0 aliphatic carbocycles. The molecule has 9 heteroatoms. The molecule has 0 saturated carbocycles. The van der Waals surface area contributed by atoms with E-state index in [9.17, 15) is 18.0 Å². The monoisotopic (exact) mass is 585 g/mol. The number of para-hydroxylation sites is 1. The van der Waals surface area contributed by atoms with Crippen LogP contribution in [0.3, 0.4) is 0 Å². The first-order valence-electron chi connectivity index (χ1n) is 13.7. The first-order chi connectivity index (χ1) is 20.2. The lowest BCUT2D eigenvalue weighted by Crippen LogP contribution is -2.51. The van der Waals surface area contributed by atoms with Crippen molar-refractivity contribution in [3.63, 3.8) is 0 Å². The summed E-state index contributed by atoms with van der Waals surface area (Å²) < 4.78 is 34.9. The molecule has 0 radical (unpaired) electrons. The van der Waals surface area contributed by atoms with Crippen molar-refractivity contribution < 1.29 is 22.7 Å². The minimum atomic E-state index is -4.16. The fraction of sp³-hybridized carbons (Fsp3) is 0.212. The summed E-state index contributed by atoms with van der Waals surface area (Å²) in [6, 6.07) is 30.7. The molecule has 0 unspecified atom stereocenters.